The number of likely N-dealkylation sites (tertiary alicyclic amines) is 1. The minimum absolute atomic E-state index is 0.0284. The molecule has 0 radical (unpaired) electrons. The highest BCUT2D eigenvalue weighted by atomic mass is 16.6. The third kappa shape index (κ3) is 5.88. The molecule has 0 spiro atoms. The van der Waals surface area contributed by atoms with Crippen LogP contribution in [0.1, 0.15) is 54.4 Å². The molecule has 0 aromatic carbocycles. The molecule has 1 aliphatic rings. The molecule has 2 atom stereocenters. The summed E-state index contributed by atoms with van der Waals surface area (Å²) in [5.41, 5.74) is -0.743. The molecule has 1 heterocycles. The zero-order valence-corrected chi connectivity index (χ0v) is 15.5. The normalized spacial score (nSPS) is 20.7. The van der Waals surface area contributed by atoms with Crippen molar-refractivity contribution in [2.45, 2.75) is 66.0 Å². The summed E-state index contributed by atoms with van der Waals surface area (Å²) in [6.07, 6.45) is 5.35. The standard InChI is InChI=1S/C18H31NO4/c1-17(2,3)14(15(20)22-7)11-10-13-9-8-12-19(13)16(21)23-18(4,5)6/h10-11,13-14H,8-9,12H2,1-7H3/b11-10+/t13-,14+/m0/s1. The number of amides is 1. The van der Waals surface area contributed by atoms with Gasteiger partial charge in [-0.2, -0.15) is 0 Å². The van der Waals surface area contributed by atoms with Crippen LogP contribution in [0.4, 0.5) is 4.79 Å². The molecule has 23 heavy (non-hydrogen) atoms. The SMILES string of the molecule is COC(=O)[C@@H](/C=C/[C@@H]1CCCN1C(=O)OC(C)(C)C)C(C)(C)C. The highest BCUT2D eigenvalue weighted by Crippen LogP contribution is 2.29. The lowest BCUT2D eigenvalue weighted by Gasteiger charge is -2.28. The van der Waals surface area contributed by atoms with Crippen molar-refractivity contribution in [2.75, 3.05) is 13.7 Å². The molecule has 0 aromatic rings. The molecule has 1 fully saturated rings. The van der Waals surface area contributed by atoms with Crippen molar-refractivity contribution in [2.24, 2.45) is 11.3 Å². The lowest BCUT2D eigenvalue weighted by molar-refractivity contribution is -0.146. The van der Waals surface area contributed by atoms with Gasteiger partial charge in [0, 0.05) is 6.54 Å². The maximum Gasteiger partial charge on any atom is 0.410 e. The van der Waals surface area contributed by atoms with Gasteiger partial charge in [0.2, 0.25) is 0 Å². The van der Waals surface area contributed by atoms with Gasteiger partial charge in [-0.15, -0.1) is 0 Å². The molecule has 132 valence electrons. The van der Waals surface area contributed by atoms with Crippen molar-refractivity contribution in [3.05, 3.63) is 12.2 Å². The molecule has 0 bridgehead atoms. The number of hydrogen-bond acceptors (Lipinski definition) is 4. The summed E-state index contributed by atoms with van der Waals surface area (Å²) in [5, 5.41) is 0. The Morgan fingerprint density at radius 1 is 1.17 bits per heavy atom. The van der Waals surface area contributed by atoms with Crippen LogP contribution in [0.3, 0.4) is 0 Å². The molecule has 5 nitrogen and oxygen atoms in total. The fraction of sp³-hybridized carbons (Fsp3) is 0.778. The van der Waals surface area contributed by atoms with Crippen LogP contribution < -0.4 is 0 Å². The van der Waals surface area contributed by atoms with Crippen LogP contribution in [0.25, 0.3) is 0 Å². The molecule has 1 saturated heterocycles. The second-order valence-electron chi connectivity index (χ2n) is 8.14. The molecular formula is C18H31NO4. The lowest BCUT2D eigenvalue weighted by atomic mass is 9.80. The molecule has 1 aliphatic heterocycles. The van der Waals surface area contributed by atoms with E-state index in [0.717, 1.165) is 12.8 Å². The zero-order chi connectivity index (χ0) is 17.8. The fourth-order valence-electron chi connectivity index (χ4n) is 2.63. The van der Waals surface area contributed by atoms with E-state index >= 15 is 0 Å². The van der Waals surface area contributed by atoms with E-state index in [1.54, 1.807) is 4.90 Å². The van der Waals surface area contributed by atoms with Crippen LogP contribution in [0, 0.1) is 11.3 Å². The van der Waals surface area contributed by atoms with E-state index in [-0.39, 0.29) is 29.4 Å². The first-order valence-corrected chi connectivity index (χ1v) is 8.21. The monoisotopic (exact) mass is 325 g/mol. The maximum absolute atomic E-state index is 12.3. The van der Waals surface area contributed by atoms with Gasteiger partial charge in [-0.1, -0.05) is 32.9 Å². The highest BCUT2D eigenvalue weighted by molar-refractivity contribution is 5.75. The first-order valence-electron chi connectivity index (χ1n) is 8.21. The molecule has 5 heteroatoms. The summed E-state index contributed by atoms with van der Waals surface area (Å²) < 4.78 is 10.4. The third-order valence-electron chi connectivity index (χ3n) is 3.84. The van der Waals surface area contributed by atoms with Gasteiger partial charge in [-0.3, -0.25) is 4.79 Å². The zero-order valence-electron chi connectivity index (χ0n) is 15.5. The number of ether oxygens (including phenoxy) is 2. The Labute approximate surface area is 140 Å². The van der Waals surface area contributed by atoms with E-state index in [2.05, 4.69) is 0 Å². The van der Waals surface area contributed by atoms with Crippen LogP contribution in [-0.4, -0.2) is 42.3 Å². The Kier molecular flexibility index (Phi) is 6.25. The van der Waals surface area contributed by atoms with Gasteiger partial charge in [-0.25, -0.2) is 4.79 Å². The second kappa shape index (κ2) is 7.37. The summed E-state index contributed by atoms with van der Waals surface area (Å²) >= 11 is 0. The van der Waals surface area contributed by atoms with Crippen LogP contribution in [-0.2, 0) is 14.3 Å². The molecule has 0 aromatic heterocycles. The first kappa shape index (κ1) is 19.5. The molecule has 0 saturated carbocycles. The second-order valence-corrected chi connectivity index (χ2v) is 8.14. The summed E-state index contributed by atoms with van der Waals surface area (Å²) in [4.78, 5) is 26.0. The van der Waals surface area contributed by atoms with Crippen LogP contribution in [0.2, 0.25) is 0 Å². The smallest absolute Gasteiger partial charge is 0.410 e. The van der Waals surface area contributed by atoms with E-state index in [0.29, 0.717) is 6.54 Å². The lowest BCUT2D eigenvalue weighted by Crippen LogP contribution is -2.39. The van der Waals surface area contributed by atoms with Crippen LogP contribution in [0.15, 0.2) is 12.2 Å². The van der Waals surface area contributed by atoms with E-state index < -0.39 is 5.60 Å². The number of carbonyl (C=O) groups excluding carboxylic acids is 2. The summed E-state index contributed by atoms with van der Waals surface area (Å²) in [6, 6.07) is -0.0284. The van der Waals surface area contributed by atoms with Crippen molar-refractivity contribution in [3.8, 4) is 0 Å². The molecule has 0 N–H and O–H groups in total. The number of hydrogen-bond donors (Lipinski definition) is 0. The van der Waals surface area contributed by atoms with E-state index in [9.17, 15) is 9.59 Å². The van der Waals surface area contributed by atoms with Gasteiger partial charge in [0.1, 0.15) is 5.60 Å². The Morgan fingerprint density at radius 2 is 1.78 bits per heavy atom. The first-order chi connectivity index (χ1) is 10.5. The minimum atomic E-state index is -0.506. The molecule has 0 unspecified atom stereocenters. The van der Waals surface area contributed by atoms with Crippen molar-refractivity contribution in [1.29, 1.82) is 0 Å². The quantitative estimate of drug-likeness (QED) is 0.585. The largest absolute Gasteiger partial charge is 0.469 e. The molecule has 1 rings (SSSR count). The summed E-state index contributed by atoms with van der Waals surface area (Å²) in [5.74, 6) is -0.593. The number of methoxy groups -OCH3 is 1. The van der Waals surface area contributed by atoms with Gasteiger partial charge in [0.15, 0.2) is 0 Å². The van der Waals surface area contributed by atoms with Crippen molar-refractivity contribution in [1.82, 2.24) is 4.90 Å². The van der Waals surface area contributed by atoms with Gasteiger partial charge < -0.3 is 14.4 Å². The van der Waals surface area contributed by atoms with E-state index in [4.69, 9.17) is 9.47 Å². The van der Waals surface area contributed by atoms with E-state index in [1.165, 1.54) is 7.11 Å². The average Bonchev–Trinajstić information content (AvgIpc) is 2.83. The predicted octanol–water partition coefficient (Wildman–Crippen LogP) is 3.78. The van der Waals surface area contributed by atoms with Crippen molar-refractivity contribution < 1.29 is 19.1 Å². The number of nitrogens with zero attached hydrogens (tertiary/aromatic N) is 1. The van der Waals surface area contributed by atoms with Gasteiger partial charge >= 0.3 is 12.1 Å². The van der Waals surface area contributed by atoms with Crippen molar-refractivity contribution >= 4 is 12.1 Å². The Bertz CT molecular complexity index is 457. The Balaban J connectivity index is 2.84. The van der Waals surface area contributed by atoms with Crippen LogP contribution in [0.5, 0.6) is 0 Å². The fourth-order valence-corrected chi connectivity index (χ4v) is 2.63. The van der Waals surface area contributed by atoms with Crippen LogP contribution >= 0.6 is 0 Å². The highest BCUT2D eigenvalue weighted by Gasteiger charge is 2.33. The van der Waals surface area contributed by atoms with Gasteiger partial charge in [0.05, 0.1) is 19.1 Å². The topological polar surface area (TPSA) is 55.8 Å². The number of esters is 1. The van der Waals surface area contributed by atoms with Gasteiger partial charge in [0.25, 0.3) is 0 Å². The molecular weight excluding hydrogens is 294 g/mol. The summed E-state index contributed by atoms with van der Waals surface area (Å²) in [6.45, 7) is 12.3. The van der Waals surface area contributed by atoms with Crippen molar-refractivity contribution in [3.63, 3.8) is 0 Å². The minimum Gasteiger partial charge on any atom is -0.469 e. The maximum atomic E-state index is 12.3. The van der Waals surface area contributed by atoms with Gasteiger partial charge in [-0.05, 0) is 39.0 Å². The third-order valence-corrected chi connectivity index (χ3v) is 3.84. The average molecular weight is 325 g/mol. The number of rotatable bonds is 3. The summed E-state index contributed by atoms with van der Waals surface area (Å²) in [7, 11) is 1.40. The van der Waals surface area contributed by atoms with E-state index in [1.807, 2.05) is 53.7 Å². The number of carbonyl (C=O) groups is 2. The predicted molar refractivity (Wildman–Crippen MR) is 90.1 cm³/mol. The molecule has 0 aliphatic carbocycles. The Hall–Kier alpha value is -1.52. The molecule has 1 amide bonds. The Morgan fingerprint density at radius 3 is 2.26 bits per heavy atom.